The summed E-state index contributed by atoms with van der Waals surface area (Å²) in [4.78, 5) is 23.6. The van der Waals surface area contributed by atoms with Crippen LogP contribution in [0.5, 0.6) is 0 Å². The predicted octanol–water partition coefficient (Wildman–Crippen LogP) is 1.93. The van der Waals surface area contributed by atoms with Crippen molar-refractivity contribution in [3.05, 3.63) is 0 Å². The summed E-state index contributed by atoms with van der Waals surface area (Å²) in [5.41, 5.74) is 0. The van der Waals surface area contributed by atoms with Gasteiger partial charge in [0.05, 0.1) is 26.4 Å². The van der Waals surface area contributed by atoms with Crippen molar-refractivity contribution in [2.45, 2.75) is 39.5 Å². The minimum atomic E-state index is -0.826. The molecule has 0 aliphatic rings. The number of hydrogen-bond acceptors (Lipinski definition) is 7. The lowest BCUT2D eigenvalue weighted by Crippen LogP contribution is -2.28. The molecule has 23 heavy (non-hydrogen) atoms. The van der Waals surface area contributed by atoms with Crippen molar-refractivity contribution in [1.29, 1.82) is 0 Å². The van der Waals surface area contributed by atoms with Gasteiger partial charge in [-0.3, -0.25) is 9.59 Å². The molecule has 0 saturated carbocycles. The number of carbonyl (C=O) groups excluding carboxylic acids is 2. The van der Waals surface area contributed by atoms with E-state index < -0.39 is 17.9 Å². The largest absolute Gasteiger partial charge is 0.465 e. The summed E-state index contributed by atoms with van der Waals surface area (Å²) in [6.45, 7) is 5.83. The minimum Gasteiger partial charge on any atom is -0.465 e. The summed E-state index contributed by atoms with van der Waals surface area (Å²) in [5.74, 6) is -1.84. The van der Waals surface area contributed by atoms with E-state index in [2.05, 4.69) is 0 Å². The molecule has 0 bridgehead atoms. The fourth-order valence-corrected chi connectivity index (χ4v) is 1.87. The van der Waals surface area contributed by atoms with Gasteiger partial charge in [-0.05, 0) is 26.7 Å². The molecule has 0 atom stereocenters. The summed E-state index contributed by atoms with van der Waals surface area (Å²) in [6.07, 6.45) is 2.86. The Labute approximate surface area is 138 Å². The van der Waals surface area contributed by atoms with Gasteiger partial charge in [-0.25, -0.2) is 0 Å². The van der Waals surface area contributed by atoms with Crippen molar-refractivity contribution in [2.24, 2.45) is 5.92 Å². The van der Waals surface area contributed by atoms with E-state index in [1.54, 1.807) is 21.0 Å². The summed E-state index contributed by atoms with van der Waals surface area (Å²) in [7, 11) is 1.62. The quantitative estimate of drug-likeness (QED) is 0.196. The van der Waals surface area contributed by atoms with E-state index in [4.69, 9.17) is 23.7 Å². The van der Waals surface area contributed by atoms with E-state index in [1.807, 2.05) is 0 Å². The van der Waals surface area contributed by atoms with Gasteiger partial charge in [0.2, 0.25) is 0 Å². The molecule has 0 radical (unpaired) electrons. The molecule has 0 saturated heterocycles. The van der Waals surface area contributed by atoms with E-state index in [0.717, 1.165) is 19.3 Å². The van der Waals surface area contributed by atoms with Crippen molar-refractivity contribution in [2.75, 3.05) is 46.9 Å². The molecule has 0 heterocycles. The molecule has 7 heteroatoms. The maximum Gasteiger partial charge on any atom is 0.320 e. The second kappa shape index (κ2) is 15.7. The molecule has 0 fully saturated rings. The van der Waals surface area contributed by atoms with Gasteiger partial charge in [0.15, 0.2) is 5.92 Å². The third-order valence-corrected chi connectivity index (χ3v) is 3.02. The van der Waals surface area contributed by atoms with Crippen molar-refractivity contribution < 1.29 is 33.3 Å². The molecule has 136 valence electrons. The van der Waals surface area contributed by atoms with Crippen molar-refractivity contribution in [3.8, 4) is 0 Å². The lowest BCUT2D eigenvalue weighted by molar-refractivity contribution is -0.161. The molecular formula is C16H30O7. The lowest BCUT2D eigenvalue weighted by Gasteiger charge is -2.14. The van der Waals surface area contributed by atoms with Crippen LogP contribution in [0.3, 0.4) is 0 Å². The first-order chi connectivity index (χ1) is 11.2. The van der Waals surface area contributed by atoms with Gasteiger partial charge in [-0.1, -0.05) is 12.8 Å². The Morgan fingerprint density at radius 2 is 1.43 bits per heavy atom. The zero-order chi connectivity index (χ0) is 17.3. The van der Waals surface area contributed by atoms with Gasteiger partial charge < -0.3 is 23.7 Å². The molecule has 0 amide bonds. The maximum atomic E-state index is 11.8. The second-order valence-corrected chi connectivity index (χ2v) is 4.83. The van der Waals surface area contributed by atoms with Crippen molar-refractivity contribution >= 4 is 11.9 Å². The number of esters is 2. The molecule has 7 nitrogen and oxygen atoms in total. The molecule has 0 spiro atoms. The van der Waals surface area contributed by atoms with Crippen LogP contribution in [0, 0.1) is 5.92 Å². The number of rotatable bonds is 15. The van der Waals surface area contributed by atoms with Crippen LogP contribution >= 0.6 is 0 Å². The third kappa shape index (κ3) is 12.0. The van der Waals surface area contributed by atoms with E-state index in [-0.39, 0.29) is 20.0 Å². The van der Waals surface area contributed by atoms with Crippen LogP contribution in [0.25, 0.3) is 0 Å². The number of unbranched alkanes of at least 4 members (excludes halogenated alkanes) is 2. The first-order valence-electron chi connectivity index (χ1n) is 8.15. The fraction of sp³-hybridized carbons (Fsp3) is 0.875. The highest BCUT2D eigenvalue weighted by molar-refractivity contribution is 5.94. The van der Waals surface area contributed by atoms with Gasteiger partial charge in [0.1, 0.15) is 6.79 Å². The molecular weight excluding hydrogens is 304 g/mol. The maximum absolute atomic E-state index is 11.8. The van der Waals surface area contributed by atoms with Crippen LogP contribution in [0.15, 0.2) is 0 Å². The topological polar surface area (TPSA) is 80.3 Å². The van der Waals surface area contributed by atoms with Crippen LogP contribution in [0.4, 0.5) is 0 Å². The summed E-state index contributed by atoms with van der Waals surface area (Å²) in [6, 6.07) is 0. The highest BCUT2D eigenvalue weighted by Crippen LogP contribution is 2.14. The Kier molecular flexibility index (Phi) is 14.9. The molecule has 0 aromatic rings. The van der Waals surface area contributed by atoms with E-state index in [0.29, 0.717) is 26.2 Å². The molecule has 0 aromatic carbocycles. The van der Waals surface area contributed by atoms with Crippen molar-refractivity contribution in [1.82, 2.24) is 0 Å². The standard InChI is InChI=1S/C16H30O7/c1-4-22-15(17)14(16(18)23-5-2)9-7-6-8-10-20-13-21-12-11-19-3/h14H,4-13H2,1-3H3. The molecule has 0 aromatic heterocycles. The zero-order valence-electron chi connectivity index (χ0n) is 14.5. The van der Waals surface area contributed by atoms with Gasteiger partial charge in [0.25, 0.3) is 0 Å². The normalized spacial score (nSPS) is 10.8. The molecule has 0 aliphatic carbocycles. The number of methoxy groups -OCH3 is 1. The van der Waals surface area contributed by atoms with Crippen LogP contribution in [0.1, 0.15) is 39.5 Å². The fourth-order valence-electron chi connectivity index (χ4n) is 1.87. The Morgan fingerprint density at radius 3 is 2.00 bits per heavy atom. The lowest BCUT2D eigenvalue weighted by atomic mass is 10.0. The van der Waals surface area contributed by atoms with E-state index >= 15 is 0 Å². The Balaban J connectivity index is 3.78. The van der Waals surface area contributed by atoms with Crippen LogP contribution < -0.4 is 0 Å². The Morgan fingerprint density at radius 1 is 0.826 bits per heavy atom. The number of ether oxygens (including phenoxy) is 5. The highest BCUT2D eigenvalue weighted by Gasteiger charge is 2.28. The molecule has 0 N–H and O–H groups in total. The smallest absolute Gasteiger partial charge is 0.320 e. The van der Waals surface area contributed by atoms with Crippen molar-refractivity contribution in [3.63, 3.8) is 0 Å². The second-order valence-electron chi connectivity index (χ2n) is 4.83. The van der Waals surface area contributed by atoms with Crippen LogP contribution in [0.2, 0.25) is 0 Å². The number of hydrogen-bond donors (Lipinski definition) is 0. The molecule has 0 unspecified atom stereocenters. The first kappa shape index (κ1) is 21.8. The Bertz CT molecular complexity index is 289. The predicted molar refractivity (Wildman–Crippen MR) is 83.9 cm³/mol. The monoisotopic (exact) mass is 334 g/mol. The molecule has 0 rings (SSSR count). The van der Waals surface area contributed by atoms with Gasteiger partial charge >= 0.3 is 11.9 Å². The SMILES string of the molecule is CCOC(=O)C(CCCCCOCOCCOC)C(=O)OCC. The average molecular weight is 334 g/mol. The molecule has 0 aliphatic heterocycles. The third-order valence-electron chi connectivity index (χ3n) is 3.02. The van der Waals surface area contributed by atoms with Gasteiger partial charge in [-0.2, -0.15) is 0 Å². The summed E-state index contributed by atoms with van der Waals surface area (Å²) >= 11 is 0. The minimum absolute atomic E-state index is 0.248. The Hall–Kier alpha value is -1.18. The van der Waals surface area contributed by atoms with Gasteiger partial charge in [-0.15, -0.1) is 0 Å². The summed E-state index contributed by atoms with van der Waals surface area (Å²) in [5, 5.41) is 0. The van der Waals surface area contributed by atoms with Gasteiger partial charge in [0, 0.05) is 13.7 Å². The first-order valence-corrected chi connectivity index (χ1v) is 8.15. The van der Waals surface area contributed by atoms with Crippen LogP contribution in [-0.4, -0.2) is 58.9 Å². The number of carbonyl (C=O) groups is 2. The highest BCUT2D eigenvalue weighted by atomic mass is 16.7. The van der Waals surface area contributed by atoms with Crippen LogP contribution in [-0.2, 0) is 33.3 Å². The average Bonchev–Trinajstić information content (AvgIpc) is 2.53. The van der Waals surface area contributed by atoms with E-state index in [9.17, 15) is 9.59 Å². The summed E-state index contributed by atoms with van der Waals surface area (Å²) < 4.78 is 25.2. The van der Waals surface area contributed by atoms with E-state index in [1.165, 1.54) is 0 Å². The zero-order valence-corrected chi connectivity index (χ0v) is 14.5.